The summed E-state index contributed by atoms with van der Waals surface area (Å²) < 4.78 is 32.8. The van der Waals surface area contributed by atoms with E-state index < -0.39 is 18.0 Å². The summed E-state index contributed by atoms with van der Waals surface area (Å²) in [6.45, 7) is 2.81. The summed E-state index contributed by atoms with van der Waals surface area (Å²) >= 11 is 6.36. The fourth-order valence-electron chi connectivity index (χ4n) is 3.24. The van der Waals surface area contributed by atoms with Crippen LogP contribution in [0.15, 0.2) is 30.5 Å². The zero-order valence-electron chi connectivity index (χ0n) is 14.9. The number of rotatable bonds is 6. The summed E-state index contributed by atoms with van der Waals surface area (Å²) in [6.07, 6.45) is -1.62. The number of morpholine rings is 1. The van der Waals surface area contributed by atoms with Crippen molar-refractivity contribution in [3.05, 3.63) is 52.3 Å². The minimum absolute atomic E-state index is 0.118. The van der Waals surface area contributed by atoms with Crippen LogP contribution in [0.2, 0.25) is 5.02 Å². The molecule has 1 saturated heterocycles. The van der Waals surface area contributed by atoms with Crippen molar-refractivity contribution < 1.29 is 18.3 Å². The van der Waals surface area contributed by atoms with Gasteiger partial charge in [-0.25, -0.2) is 8.78 Å². The number of hydrogen-bond acceptors (Lipinski definition) is 4. The molecule has 0 aliphatic carbocycles. The standard InChI is InChI=1S/C18H21ClF2N4O2/c1-24-16(17(20)21)13(10-23-24)18(26)22-11-15(25-6-8-27-9-7-25)12-4-2-3-5-14(12)19/h2-5,10,15,17H,6-9,11H2,1H3,(H,22,26). The lowest BCUT2D eigenvalue weighted by Gasteiger charge is -2.35. The Bertz CT molecular complexity index is 793. The van der Waals surface area contributed by atoms with Crippen molar-refractivity contribution in [2.75, 3.05) is 32.8 Å². The third-order valence-corrected chi connectivity index (χ3v) is 4.99. The van der Waals surface area contributed by atoms with Gasteiger partial charge in [0.2, 0.25) is 0 Å². The Morgan fingerprint density at radius 2 is 2.04 bits per heavy atom. The molecule has 1 aliphatic heterocycles. The van der Waals surface area contributed by atoms with Crippen molar-refractivity contribution in [1.82, 2.24) is 20.0 Å². The monoisotopic (exact) mass is 398 g/mol. The van der Waals surface area contributed by atoms with Gasteiger partial charge in [0.1, 0.15) is 5.69 Å². The fraction of sp³-hybridized carbons (Fsp3) is 0.444. The SMILES string of the molecule is Cn1ncc(C(=O)NCC(c2ccccc2Cl)N2CCOCC2)c1C(F)F. The minimum Gasteiger partial charge on any atom is -0.379 e. The van der Waals surface area contributed by atoms with E-state index in [1.54, 1.807) is 6.07 Å². The molecule has 0 spiro atoms. The van der Waals surface area contributed by atoms with E-state index in [0.717, 1.165) is 16.4 Å². The molecule has 2 aromatic rings. The summed E-state index contributed by atoms with van der Waals surface area (Å²) in [4.78, 5) is 14.7. The van der Waals surface area contributed by atoms with Gasteiger partial charge in [0.05, 0.1) is 31.0 Å². The Kier molecular flexibility index (Phi) is 6.41. The average Bonchev–Trinajstić information content (AvgIpc) is 3.06. The Morgan fingerprint density at radius 3 is 2.70 bits per heavy atom. The molecule has 1 aromatic carbocycles. The molecule has 1 aliphatic rings. The number of aromatic nitrogens is 2. The van der Waals surface area contributed by atoms with E-state index in [1.165, 1.54) is 7.05 Å². The Balaban J connectivity index is 1.79. The van der Waals surface area contributed by atoms with Gasteiger partial charge in [-0.15, -0.1) is 0 Å². The summed E-state index contributed by atoms with van der Waals surface area (Å²) in [5.74, 6) is -0.580. The van der Waals surface area contributed by atoms with E-state index in [-0.39, 0.29) is 18.2 Å². The predicted octanol–water partition coefficient (Wildman–Crippen LogP) is 2.81. The maximum absolute atomic E-state index is 13.2. The molecule has 27 heavy (non-hydrogen) atoms. The molecule has 1 aromatic heterocycles. The van der Waals surface area contributed by atoms with Crippen molar-refractivity contribution in [1.29, 1.82) is 0 Å². The maximum Gasteiger partial charge on any atom is 0.280 e. The average molecular weight is 399 g/mol. The number of benzene rings is 1. The van der Waals surface area contributed by atoms with Crippen LogP contribution in [0, 0.1) is 0 Å². The van der Waals surface area contributed by atoms with Crippen LogP contribution < -0.4 is 5.32 Å². The van der Waals surface area contributed by atoms with Crippen LogP contribution in [0.5, 0.6) is 0 Å². The molecule has 1 amide bonds. The van der Waals surface area contributed by atoms with Crippen molar-refractivity contribution in [3.63, 3.8) is 0 Å². The zero-order valence-corrected chi connectivity index (χ0v) is 15.6. The summed E-state index contributed by atoms with van der Waals surface area (Å²) in [5.41, 5.74) is 0.363. The fourth-order valence-corrected chi connectivity index (χ4v) is 3.50. The second kappa shape index (κ2) is 8.77. The van der Waals surface area contributed by atoms with Gasteiger partial charge in [-0.3, -0.25) is 14.4 Å². The second-order valence-electron chi connectivity index (χ2n) is 6.26. The summed E-state index contributed by atoms with van der Waals surface area (Å²) in [5, 5.41) is 7.14. The number of carbonyl (C=O) groups is 1. The topological polar surface area (TPSA) is 59.4 Å². The molecule has 9 heteroatoms. The van der Waals surface area contributed by atoms with Crippen molar-refractivity contribution in [2.45, 2.75) is 12.5 Å². The minimum atomic E-state index is -2.78. The Morgan fingerprint density at radius 1 is 1.33 bits per heavy atom. The summed E-state index contributed by atoms with van der Waals surface area (Å²) in [6, 6.07) is 7.24. The quantitative estimate of drug-likeness (QED) is 0.813. The van der Waals surface area contributed by atoms with Crippen molar-refractivity contribution >= 4 is 17.5 Å². The van der Waals surface area contributed by atoms with Crippen LogP contribution in [-0.2, 0) is 11.8 Å². The van der Waals surface area contributed by atoms with Crippen LogP contribution in [0.3, 0.4) is 0 Å². The van der Waals surface area contributed by atoms with Crippen LogP contribution in [0.25, 0.3) is 0 Å². The molecule has 1 atom stereocenters. The first-order valence-electron chi connectivity index (χ1n) is 8.63. The summed E-state index contributed by atoms with van der Waals surface area (Å²) in [7, 11) is 1.39. The highest BCUT2D eigenvalue weighted by Crippen LogP contribution is 2.28. The number of ether oxygens (including phenoxy) is 1. The zero-order chi connectivity index (χ0) is 19.4. The molecule has 2 heterocycles. The first-order valence-corrected chi connectivity index (χ1v) is 9.01. The smallest absolute Gasteiger partial charge is 0.280 e. The number of aryl methyl sites for hydroxylation is 1. The van der Waals surface area contributed by atoms with Crippen LogP contribution in [0.4, 0.5) is 8.78 Å². The lowest BCUT2D eigenvalue weighted by atomic mass is 10.0. The molecule has 146 valence electrons. The van der Waals surface area contributed by atoms with Gasteiger partial charge in [0, 0.05) is 31.7 Å². The van der Waals surface area contributed by atoms with Crippen LogP contribution in [-0.4, -0.2) is 53.4 Å². The molecule has 1 N–H and O–H groups in total. The maximum atomic E-state index is 13.2. The molecule has 0 saturated carbocycles. The number of amides is 1. The molecule has 3 rings (SSSR count). The molecule has 0 bridgehead atoms. The van der Waals surface area contributed by atoms with Crippen LogP contribution in [0.1, 0.15) is 34.1 Å². The van der Waals surface area contributed by atoms with E-state index in [0.29, 0.717) is 31.3 Å². The lowest BCUT2D eigenvalue weighted by molar-refractivity contribution is 0.0162. The van der Waals surface area contributed by atoms with Gasteiger partial charge in [-0.1, -0.05) is 29.8 Å². The number of carbonyl (C=O) groups excluding carboxylic acids is 1. The highest BCUT2D eigenvalue weighted by Gasteiger charge is 2.27. The van der Waals surface area contributed by atoms with E-state index >= 15 is 0 Å². The third kappa shape index (κ3) is 4.45. The number of nitrogens with zero attached hydrogens (tertiary/aromatic N) is 3. The molecule has 1 fully saturated rings. The number of nitrogens with one attached hydrogen (secondary N) is 1. The molecular formula is C18H21ClF2N4O2. The largest absolute Gasteiger partial charge is 0.379 e. The normalized spacial score (nSPS) is 16.5. The number of halogens is 3. The van der Waals surface area contributed by atoms with Crippen LogP contribution >= 0.6 is 11.6 Å². The van der Waals surface area contributed by atoms with Crippen molar-refractivity contribution in [3.8, 4) is 0 Å². The molecule has 1 unspecified atom stereocenters. The second-order valence-corrected chi connectivity index (χ2v) is 6.67. The van der Waals surface area contributed by atoms with Gasteiger partial charge < -0.3 is 10.1 Å². The van der Waals surface area contributed by atoms with Gasteiger partial charge in [0.25, 0.3) is 12.3 Å². The van der Waals surface area contributed by atoms with Gasteiger partial charge >= 0.3 is 0 Å². The molecular weight excluding hydrogens is 378 g/mol. The van der Waals surface area contributed by atoms with E-state index in [4.69, 9.17) is 16.3 Å². The molecule has 6 nitrogen and oxygen atoms in total. The van der Waals surface area contributed by atoms with E-state index in [9.17, 15) is 13.6 Å². The lowest BCUT2D eigenvalue weighted by Crippen LogP contribution is -2.44. The first-order chi connectivity index (χ1) is 13.0. The predicted molar refractivity (Wildman–Crippen MR) is 97.1 cm³/mol. The van der Waals surface area contributed by atoms with Crippen molar-refractivity contribution in [2.24, 2.45) is 7.05 Å². The van der Waals surface area contributed by atoms with Gasteiger partial charge in [0.15, 0.2) is 0 Å². The van der Waals surface area contributed by atoms with E-state index in [1.807, 2.05) is 18.2 Å². The number of hydrogen-bond donors (Lipinski definition) is 1. The van der Waals surface area contributed by atoms with Gasteiger partial charge in [-0.2, -0.15) is 5.10 Å². The highest BCUT2D eigenvalue weighted by molar-refractivity contribution is 6.31. The number of alkyl halides is 2. The first kappa shape index (κ1) is 19.7. The third-order valence-electron chi connectivity index (χ3n) is 4.64. The Hall–Kier alpha value is -2.03. The molecule has 0 radical (unpaired) electrons. The van der Waals surface area contributed by atoms with E-state index in [2.05, 4.69) is 15.3 Å². The Labute approximate surface area is 161 Å². The van der Waals surface area contributed by atoms with Gasteiger partial charge in [-0.05, 0) is 11.6 Å². The highest BCUT2D eigenvalue weighted by atomic mass is 35.5.